The number of anilines is 1. The first-order chi connectivity index (χ1) is 11.7. The maximum Gasteiger partial charge on any atom is 0.234 e. The largest absolute Gasteiger partial charge is 0.423 e. The van der Waals surface area contributed by atoms with E-state index < -0.39 is 0 Å². The molecule has 4 nitrogen and oxygen atoms in total. The van der Waals surface area contributed by atoms with Gasteiger partial charge in [0.1, 0.15) is 6.07 Å². The van der Waals surface area contributed by atoms with Crippen molar-refractivity contribution in [2.75, 3.05) is 18.0 Å². The molecule has 0 N–H and O–H groups in total. The van der Waals surface area contributed by atoms with Crippen molar-refractivity contribution < 1.29 is 4.42 Å². The minimum Gasteiger partial charge on any atom is -0.423 e. The molecule has 1 aromatic heterocycles. The fourth-order valence-corrected chi connectivity index (χ4v) is 4.14. The summed E-state index contributed by atoms with van der Waals surface area (Å²) in [6.07, 6.45) is 2.29. The fourth-order valence-electron chi connectivity index (χ4n) is 4.14. The summed E-state index contributed by atoms with van der Waals surface area (Å²) in [5, 5.41) is 9.48. The van der Waals surface area contributed by atoms with E-state index >= 15 is 0 Å². The standard InChI is InChI=1S/C20H23N3O/c1-13-8-14(2)12-23(11-13)20-18(10-21)22-19(24-20)17-9-16(17)15-6-4-3-5-7-15/h3-7,13-14,16-17H,8-9,11-12H2,1-2H3/t13-,14-,16-,17-/m1/s1. The normalized spacial score (nSPS) is 29.3. The van der Waals surface area contributed by atoms with Gasteiger partial charge >= 0.3 is 0 Å². The molecule has 0 bridgehead atoms. The van der Waals surface area contributed by atoms with Crippen molar-refractivity contribution in [1.29, 1.82) is 5.26 Å². The van der Waals surface area contributed by atoms with Crippen molar-refractivity contribution in [2.24, 2.45) is 11.8 Å². The summed E-state index contributed by atoms with van der Waals surface area (Å²) >= 11 is 0. The minimum absolute atomic E-state index is 0.313. The van der Waals surface area contributed by atoms with E-state index in [1.54, 1.807) is 0 Å². The Bertz CT molecular complexity index is 751. The fraction of sp³-hybridized carbons (Fsp3) is 0.500. The Kier molecular flexibility index (Phi) is 3.80. The smallest absolute Gasteiger partial charge is 0.234 e. The topological polar surface area (TPSA) is 53.1 Å². The molecule has 0 spiro atoms. The third-order valence-corrected chi connectivity index (χ3v) is 5.22. The van der Waals surface area contributed by atoms with Crippen LogP contribution in [0.4, 0.5) is 5.88 Å². The van der Waals surface area contributed by atoms with Crippen molar-refractivity contribution in [3.8, 4) is 6.07 Å². The van der Waals surface area contributed by atoms with Gasteiger partial charge in [-0.3, -0.25) is 0 Å². The number of piperidine rings is 1. The first kappa shape index (κ1) is 15.3. The second-order valence-electron chi connectivity index (χ2n) is 7.53. The number of nitrogens with zero attached hydrogens (tertiary/aromatic N) is 3. The van der Waals surface area contributed by atoms with Gasteiger partial charge in [-0.05, 0) is 36.2 Å². The Hall–Kier alpha value is -2.28. The molecule has 124 valence electrons. The van der Waals surface area contributed by atoms with Gasteiger partial charge in [0.25, 0.3) is 0 Å². The van der Waals surface area contributed by atoms with Gasteiger partial charge < -0.3 is 9.32 Å². The van der Waals surface area contributed by atoms with Crippen molar-refractivity contribution in [1.82, 2.24) is 4.98 Å². The van der Waals surface area contributed by atoms with Crippen LogP contribution in [0.3, 0.4) is 0 Å². The Morgan fingerprint density at radius 1 is 1.08 bits per heavy atom. The maximum atomic E-state index is 9.48. The lowest BCUT2D eigenvalue weighted by Crippen LogP contribution is -2.38. The highest BCUT2D eigenvalue weighted by Crippen LogP contribution is 2.55. The van der Waals surface area contributed by atoms with Crippen LogP contribution in [0.5, 0.6) is 0 Å². The van der Waals surface area contributed by atoms with E-state index in [0.717, 1.165) is 25.4 Å². The third-order valence-electron chi connectivity index (χ3n) is 5.22. The molecular weight excluding hydrogens is 298 g/mol. The van der Waals surface area contributed by atoms with Crippen LogP contribution in [0.2, 0.25) is 0 Å². The van der Waals surface area contributed by atoms with Crippen LogP contribution in [-0.4, -0.2) is 18.1 Å². The summed E-state index contributed by atoms with van der Waals surface area (Å²) in [7, 11) is 0. The molecule has 1 aliphatic heterocycles. The molecule has 4 heteroatoms. The van der Waals surface area contributed by atoms with E-state index in [0.29, 0.717) is 35.2 Å². The number of nitriles is 1. The molecule has 0 radical (unpaired) electrons. The van der Waals surface area contributed by atoms with E-state index in [9.17, 15) is 5.26 Å². The molecule has 0 unspecified atom stereocenters. The molecule has 1 saturated carbocycles. The highest BCUT2D eigenvalue weighted by molar-refractivity contribution is 5.49. The maximum absolute atomic E-state index is 9.48. The van der Waals surface area contributed by atoms with Gasteiger partial charge in [0, 0.05) is 19.0 Å². The number of hydrogen-bond donors (Lipinski definition) is 0. The van der Waals surface area contributed by atoms with E-state index in [-0.39, 0.29) is 0 Å². The Balaban J connectivity index is 1.57. The summed E-state index contributed by atoms with van der Waals surface area (Å²) in [5.74, 6) is 3.45. The lowest BCUT2D eigenvalue weighted by molar-refractivity contribution is 0.340. The highest BCUT2D eigenvalue weighted by Gasteiger charge is 2.44. The van der Waals surface area contributed by atoms with E-state index in [4.69, 9.17) is 4.42 Å². The zero-order valence-electron chi connectivity index (χ0n) is 14.3. The molecule has 0 amide bonds. The highest BCUT2D eigenvalue weighted by atomic mass is 16.4. The molecule has 1 saturated heterocycles. The number of rotatable bonds is 3. The van der Waals surface area contributed by atoms with Gasteiger partial charge in [0.2, 0.25) is 17.5 Å². The Morgan fingerprint density at radius 3 is 2.46 bits per heavy atom. The van der Waals surface area contributed by atoms with Gasteiger partial charge in [0.15, 0.2) is 0 Å². The van der Waals surface area contributed by atoms with Gasteiger partial charge in [-0.15, -0.1) is 0 Å². The number of hydrogen-bond acceptors (Lipinski definition) is 4. The molecular formula is C20H23N3O. The third kappa shape index (κ3) is 2.80. The Morgan fingerprint density at radius 2 is 1.79 bits per heavy atom. The molecule has 4 rings (SSSR count). The molecule has 4 atom stereocenters. The predicted octanol–water partition coefficient (Wildman–Crippen LogP) is 4.30. The van der Waals surface area contributed by atoms with Crippen LogP contribution in [0.25, 0.3) is 0 Å². The summed E-state index contributed by atoms with van der Waals surface area (Å²) in [6, 6.07) is 12.7. The summed E-state index contributed by atoms with van der Waals surface area (Å²) in [4.78, 5) is 6.74. The second-order valence-corrected chi connectivity index (χ2v) is 7.53. The van der Waals surface area contributed by atoms with Gasteiger partial charge in [-0.2, -0.15) is 5.26 Å². The van der Waals surface area contributed by atoms with Crippen LogP contribution in [0, 0.1) is 23.2 Å². The van der Waals surface area contributed by atoms with Crippen molar-refractivity contribution in [2.45, 2.75) is 38.5 Å². The van der Waals surface area contributed by atoms with Crippen LogP contribution in [-0.2, 0) is 0 Å². The number of aromatic nitrogens is 1. The van der Waals surface area contributed by atoms with Gasteiger partial charge in [0.05, 0.1) is 0 Å². The monoisotopic (exact) mass is 321 g/mol. The molecule has 24 heavy (non-hydrogen) atoms. The molecule has 2 aliphatic rings. The van der Waals surface area contributed by atoms with E-state index in [1.165, 1.54) is 12.0 Å². The first-order valence-corrected chi connectivity index (χ1v) is 8.86. The van der Waals surface area contributed by atoms with Crippen LogP contribution in [0.1, 0.15) is 55.7 Å². The summed E-state index contributed by atoms with van der Waals surface area (Å²) < 4.78 is 6.11. The van der Waals surface area contributed by atoms with Crippen molar-refractivity contribution >= 4 is 5.88 Å². The molecule has 1 aromatic carbocycles. The molecule has 2 heterocycles. The summed E-state index contributed by atoms with van der Waals surface area (Å²) in [6.45, 7) is 6.41. The van der Waals surface area contributed by atoms with Gasteiger partial charge in [-0.25, -0.2) is 4.98 Å². The molecule has 1 aliphatic carbocycles. The van der Waals surface area contributed by atoms with Crippen LogP contribution >= 0.6 is 0 Å². The Labute approximate surface area is 143 Å². The van der Waals surface area contributed by atoms with E-state index in [2.05, 4.69) is 54.1 Å². The van der Waals surface area contributed by atoms with Crippen molar-refractivity contribution in [3.63, 3.8) is 0 Å². The SMILES string of the molecule is C[C@@H]1C[C@@H](C)CN(c2oc([C@@H]3C[C@@H]3c3ccccc3)nc2C#N)C1. The second kappa shape index (κ2) is 5.98. The minimum atomic E-state index is 0.313. The van der Waals surface area contributed by atoms with Crippen molar-refractivity contribution in [3.05, 3.63) is 47.5 Å². The first-order valence-electron chi connectivity index (χ1n) is 8.86. The molecule has 2 fully saturated rings. The zero-order chi connectivity index (χ0) is 16.7. The lowest BCUT2D eigenvalue weighted by atomic mass is 9.92. The van der Waals surface area contributed by atoms with Crippen LogP contribution in [0.15, 0.2) is 34.7 Å². The number of oxazole rings is 1. The lowest BCUT2D eigenvalue weighted by Gasteiger charge is -2.34. The average Bonchev–Trinajstić information content (AvgIpc) is 3.26. The van der Waals surface area contributed by atoms with Crippen LogP contribution < -0.4 is 4.90 Å². The average molecular weight is 321 g/mol. The zero-order valence-corrected chi connectivity index (χ0v) is 14.3. The van der Waals surface area contributed by atoms with E-state index in [1.807, 2.05) is 6.07 Å². The van der Waals surface area contributed by atoms with Gasteiger partial charge in [-0.1, -0.05) is 44.2 Å². The molecule has 2 aromatic rings. The number of benzene rings is 1. The summed E-state index contributed by atoms with van der Waals surface area (Å²) in [5.41, 5.74) is 1.78. The quantitative estimate of drug-likeness (QED) is 0.846. The predicted molar refractivity (Wildman–Crippen MR) is 92.9 cm³/mol.